The first-order valence-electron chi connectivity index (χ1n) is 31.2. The zero-order valence-electron chi connectivity index (χ0n) is 52.1. The van der Waals surface area contributed by atoms with Crippen molar-refractivity contribution in [3.63, 3.8) is 0 Å². The van der Waals surface area contributed by atoms with Gasteiger partial charge in [0.25, 0.3) is 0 Å². The van der Waals surface area contributed by atoms with Crippen LogP contribution in [0.3, 0.4) is 0 Å². The summed E-state index contributed by atoms with van der Waals surface area (Å²) in [5, 5.41) is 4.95. The minimum Gasteiger partial charge on any atom is -0.309 e. The van der Waals surface area contributed by atoms with Crippen LogP contribution in [0.5, 0.6) is 0 Å². The van der Waals surface area contributed by atoms with Crippen molar-refractivity contribution in [1.82, 2.24) is 29.1 Å². The molecule has 15 aromatic rings. The van der Waals surface area contributed by atoms with E-state index in [-0.39, 0.29) is 10.8 Å². The second kappa shape index (κ2) is 22.1. The van der Waals surface area contributed by atoms with E-state index in [2.05, 4.69) is 295 Å². The number of aromatic nitrogens is 6. The highest BCUT2D eigenvalue weighted by Crippen LogP contribution is 2.52. The molecule has 0 aliphatic rings. The van der Waals surface area contributed by atoms with Gasteiger partial charge in [0.1, 0.15) is 0 Å². The average Bonchev–Trinajstić information content (AvgIpc) is 1.05. The lowest BCUT2D eigenvalue weighted by Gasteiger charge is -2.26. The molecule has 0 unspecified atom stereocenters. The van der Waals surface area contributed by atoms with E-state index < -0.39 is 0 Å². The second-order valence-corrected chi connectivity index (χ2v) is 25.9. The van der Waals surface area contributed by atoms with Crippen molar-refractivity contribution in [3.05, 3.63) is 289 Å². The van der Waals surface area contributed by atoms with Gasteiger partial charge in [-0.05, 0) is 124 Å². The first-order chi connectivity index (χ1) is 43.7. The van der Waals surface area contributed by atoms with Gasteiger partial charge < -0.3 is 9.13 Å². The van der Waals surface area contributed by atoms with Crippen molar-refractivity contribution in [1.29, 1.82) is 0 Å². The van der Waals surface area contributed by atoms with Crippen LogP contribution in [0.15, 0.2) is 267 Å². The fraction of sp³-hybridized carbons (Fsp3) is 0.119. The third-order valence-electron chi connectivity index (χ3n) is 18.0. The van der Waals surface area contributed by atoms with Crippen molar-refractivity contribution >= 4 is 43.6 Å². The van der Waals surface area contributed by atoms with Crippen LogP contribution in [0.2, 0.25) is 0 Å². The lowest BCUT2D eigenvalue weighted by atomic mass is 9.80. The Balaban J connectivity index is 1.03. The molecule has 4 heterocycles. The molecule has 0 saturated carbocycles. The molecule has 0 aliphatic carbocycles. The van der Waals surface area contributed by atoms with Crippen LogP contribution >= 0.6 is 0 Å². The van der Waals surface area contributed by atoms with E-state index in [1.54, 1.807) is 0 Å². The van der Waals surface area contributed by atoms with Crippen LogP contribution in [-0.4, -0.2) is 29.1 Å². The van der Waals surface area contributed by atoms with Gasteiger partial charge in [0.2, 0.25) is 0 Å². The van der Waals surface area contributed by atoms with Crippen molar-refractivity contribution in [2.75, 3.05) is 0 Å². The summed E-state index contributed by atoms with van der Waals surface area (Å²) in [4.78, 5) is 22.2. The molecule has 90 heavy (non-hydrogen) atoms. The van der Waals surface area contributed by atoms with Gasteiger partial charge in [-0.2, -0.15) is 0 Å². The molecular formula is C84H68N6. The zero-order chi connectivity index (χ0) is 61.4. The Kier molecular flexibility index (Phi) is 13.7. The number of fused-ring (bicyclic) bond motifs is 6. The standard InChI is InChI=1S/C84H68N6/c1-53-25-15-17-31-63(53)77-76(67-35-19-20-36-68(67)82-87-80(57-27-11-9-12-28-57)86-81(88-82)58-29-13-10-14-30-58)75(55-39-45-61(46-40-55)89-71-37-23-21-33-65(71)69-51-59(83(3,4)5)43-49-73(69)89)79(64-32-18-16-26-54(64)2)85-78(77)56-41-47-62(48-42-56)90-72-38-24-22-34-66(72)70-52-60(84(6,7)8)44-50-74(70)90/h9-52H,1-8H3. The van der Waals surface area contributed by atoms with Gasteiger partial charge in [0.15, 0.2) is 17.5 Å². The third kappa shape index (κ3) is 9.76. The quantitative estimate of drug-likeness (QED) is 0.137. The first-order valence-corrected chi connectivity index (χ1v) is 31.2. The maximum absolute atomic E-state index is 6.12. The summed E-state index contributed by atoms with van der Waals surface area (Å²) in [6, 6.07) is 96.4. The monoisotopic (exact) mass is 1160 g/mol. The zero-order valence-corrected chi connectivity index (χ0v) is 52.1. The highest BCUT2D eigenvalue weighted by Gasteiger charge is 2.30. The molecule has 6 nitrogen and oxygen atoms in total. The molecule has 11 aromatic carbocycles. The predicted octanol–water partition coefficient (Wildman–Crippen LogP) is 22.0. The molecule has 6 heteroatoms. The van der Waals surface area contributed by atoms with Gasteiger partial charge in [0, 0.05) is 77.4 Å². The molecule has 0 radical (unpaired) electrons. The molecule has 0 aliphatic heterocycles. The smallest absolute Gasteiger partial charge is 0.164 e. The van der Waals surface area contributed by atoms with Gasteiger partial charge in [-0.15, -0.1) is 0 Å². The molecular weight excluding hydrogens is 1090 g/mol. The number of hydrogen-bond acceptors (Lipinski definition) is 4. The number of para-hydroxylation sites is 2. The van der Waals surface area contributed by atoms with Crippen molar-refractivity contribution < 1.29 is 0 Å². The van der Waals surface area contributed by atoms with E-state index >= 15 is 0 Å². The fourth-order valence-electron chi connectivity index (χ4n) is 13.3. The Hall–Kier alpha value is -10.8. The van der Waals surface area contributed by atoms with E-state index in [1.807, 2.05) is 36.4 Å². The van der Waals surface area contributed by atoms with Crippen LogP contribution in [0, 0.1) is 13.8 Å². The van der Waals surface area contributed by atoms with E-state index in [0.29, 0.717) is 17.5 Å². The van der Waals surface area contributed by atoms with Crippen molar-refractivity contribution in [2.24, 2.45) is 0 Å². The van der Waals surface area contributed by atoms with E-state index in [1.165, 1.54) is 43.7 Å². The van der Waals surface area contributed by atoms with Gasteiger partial charge in [-0.1, -0.05) is 248 Å². The van der Waals surface area contributed by atoms with Gasteiger partial charge in [0.05, 0.1) is 33.5 Å². The number of benzene rings is 11. The summed E-state index contributed by atoms with van der Waals surface area (Å²) in [6.45, 7) is 18.1. The summed E-state index contributed by atoms with van der Waals surface area (Å²) in [5.74, 6) is 1.76. The summed E-state index contributed by atoms with van der Waals surface area (Å²) in [6.07, 6.45) is 0. The molecule has 4 aromatic heterocycles. The molecule has 0 fully saturated rings. The fourth-order valence-corrected chi connectivity index (χ4v) is 13.3. The minimum atomic E-state index is -0.00325. The van der Waals surface area contributed by atoms with Gasteiger partial charge >= 0.3 is 0 Å². The number of aryl methyl sites for hydroxylation is 2. The highest BCUT2D eigenvalue weighted by atomic mass is 15.0. The maximum Gasteiger partial charge on any atom is 0.164 e. The maximum atomic E-state index is 6.12. The van der Waals surface area contributed by atoms with Crippen LogP contribution in [-0.2, 0) is 10.8 Å². The SMILES string of the molecule is Cc1ccccc1-c1nc(-c2ccc(-n3c4ccccc4c4cc(C(C)(C)C)ccc43)cc2)c(-c2ccccc2C)c(-c2ccccc2-c2nc(-c3ccccc3)nc(-c3ccccc3)n2)c1-c1ccc(-n2c3ccccc3c3cc(C(C)(C)C)ccc32)cc1. The molecule has 0 spiro atoms. The van der Waals surface area contributed by atoms with Crippen LogP contribution in [0.25, 0.3) is 145 Å². The molecule has 0 saturated heterocycles. The Morgan fingerprint density at radius 2 is 0.667 bits per heavy atom. The topological polar surface area (TPSA) is 61.4 Å². The van der Waals surface area contributed by atoms with Crippen LogP contribution < -0.4 is 0 Å². The Bertz CT molecular complexity index is 5190. The summed E-state index contributed by atoms with van der Waals surface area (Å²) in [7, 11) is 0. The molecule has 15 rings (SSSR count). The number of nitrogens with zero attached hydrogens (tertiary/aromatic N) is 6. The Labute approximate surface area is 526 Å². The summed E-state index contributed by atoms with van der Waals surface area (Å²) < 4.78 is 4.83. The Morgan fingerprint density at radius 1 is 0.267 bits per heavy atom. The predicted molar refractivity (Wildman–Crippen MR) is 377 cm³/mol. The molecule has 0 N–H and O–H groups in total. The lowest BCUT2D eigenvalue weighted by Crippen LogP contribution is -2.10. The molecule has 0 atom stereocenters. The van der Waals surface area contributed by atoms with E-state index in [4.69, 9.17) is 19.9 Å². The number of pyridine rings is 1. The van der Waals surface area contributed by atoms with Gasteiger partial charge in [-0.3, -0.25) is 0 Å². The highest BCUT2D eigenvalue weighted by molar-refractivity contribution is 6.12. The Morgan fingerprint density at radius 3 is 1.16 bits per heavy atom. The van der Waals surface area contributed by atoms with Crippen LogP contribution in [0.4, 0.5) is 0 Å². The third-order valence-corrected chi connectivity index (χ3v) is 18.0. The minimum absolute atomic E-state index is 0.00235. The van der Waals surface area contributed by atoms with E-state index in [0.717, 1.165) is 106 Å². The first kappa shape index (κ1) is 55.7. The van der Waals surface area contributed by atoms with Gasteiger partial charge in [-0.25, -0.2) is 19.9 Å². The second-order valence-electron chi connectivity index (χ2n) is 25.9. The normalized spacial score (nSPS) is 12.0. The van der Waals surface area contributed by atoms with Crippen molar-refractivity contribution in [3.8, 4) is 101 Å². The van der Waals surface area contributed by atoms with Crippen molar-refractivity contribution in [2.45, 2.75) is 66.2 Å². The molecule has 0 bridgehead atoms. The van der Waals surface area contributed by atoms with E-state index in [9.17, 15) is 0 Å². The number of rotatable bonds is 10. The molecule has 0 amide bonds. The number of hydrogen-bond donors (Lipinski definition) is 0. The average molecular weight is 1160 g/mol. The summed E-state index contributed by atoms with van der Waals surface area (Å²) in [5.41, 5.74) is 24.2. The lowest BCUT2D eigenvalue weighted by molar-refractivity contribution is 0.591. The molecule has 434 valence electrons. The summed E-state index contributed by atoms with van der Waals surface area (Å²) >= 11 is 0. The van der Waals surface area contributed by atoms with Crippen LogP contribution in [0.1, 0.15) is 63.8 Å². The largest absolute Gasteiger partial charge is 0.309 e.